The molecule has 0 fully saturated rings. The molecule has 8 heteroatoms. The molecule has 0 aromatic carbocycles. The number of nitrogens with zero attached hydrogens (tertiary/aromatic N) is 1. The topological polar surface area (TPSA) is 65.2 Å². The summed E-state index contributed by atoms with van der Waals surface area (Å²) < 4.78 is 39.9. The van der Waals surface area contributed by atoms with Gasteiger partial charge in [-0.15, -0.1) is 0 Å². The molecular weight excluding hydrogens is 249 g/mol. The van der Waals surface area contributed by atoms with Crippen molar-refractivity contribution >= 4 is 17.5 Å². The van der Waals surface area contributed by atoms with Gasteiger partial charge in [0.25, 0.3) is 5.91 Å². The third kappa shape index (κ3) is 3.58. The van der Waals surface area contributed by atoms with E-state index in [1.165, 1.54) is 6.07 Å². The summed E-state index contributed by atoms with van der Waals surface area (Å²) in [5, 5.41) is -0.0952. The standard InChI is InChI=1S/C8H6ClF3N2O2/c9-5-2-1-4(6(13)15)7(14-5)16-3-8(10,11)12/h1-2H,3H2,(H2,13,15). The average molecular weight is 255 g/mol. The molecule has 0 bridgehead atoms. The minimum Gasteiger partial charge on any atom is -0.467 e. The van der Waals surface area contributed by atoms with Crippen molar-refractivity contribution in [3.8, 4) is 5.88 Å². The predicted molar refractivity (Wildman–Crippen MR) is 49.3 cm³/mol. The first-order chi connectivity index (χ1) is 7.29. The number of carbonyl (C=O) groups is 1. The van der Waals surface area contributed by atoms with Gasteiger partial charge in [0.05, 0.1) is 0 Å². The van der Waals surface area contributed by atoms with Crippen molar-refractivity contribution in [2.75, 3.05) is 6.61 Å². The minimum absolute atomic E-state index is 0.0952. The van der Waals surface area contributed by atoms with Gasteiger partial charge >= 0.3 is 6.18 Å². The maximum absolute atomic E-state index is 11.9. The summed E-state index contributed by atoms with van der Waals surface area (Å²) in [7, 11) is 0. The molecule has 1 aromatic rings. The zero-order chi connectivity index (χ0) is 12.3. The first-order valence-corrected chi connectivity index (χ1v) is 4.33. The van der Waals surface area contributed by atoms with Crippen molar-refractivity contribution in [1.82, 2.24) is 4.98 Å². The Kier molecular flexibility index (Phi) is 3.58. The largest absolute Gasteiger partial charge is 0.467 e. The fourth-order valence-electron chi connectivity index (χ4n) is 0.866. The van der Waals surface area contributed by atoms with E-state index in [4.69, 9.17) is 17.3 Å². The lowest BCUT2D eigenvalue weighted by Crippen LogP contribution is -2.22. The second-order valence-corrected chi connectivity index (χ2v) is 3.14. The van der Waals surface area contributed by atoms with Crippen LogP contribution in [0.5, 0.6) is 5.88 Å². The summed E-state index contributed by atoms with van der Waals surface area (Å²) in [5.74, 6) is -1.47. The molecule has 0 saturated carbocycles. The number of alkyl halides is 3. The highest BCUT2D eigenvalue weighted by molar-refractivity contribution is 6.29. The van der Waals surface area contributed by atoms with E-state index in [1.54, 1.807) is 0 Å². The van der Waals surface area contributed by atoms with Gasteiger partial charge in [-0.2, -0.15) is 13.2 Å². The van der Waals surface area contributed by atoms with Crippen LogP contribution in [0.1, 0.15) is 10.4 Å². The van der Waals surface area contributed by atoms with Crippen LogP contribution in [0.25, 0.3) is 0 Å². The van der Waals surface area contributed by atoms with E-state index in [0.29, 0.717) is 0 Å². The van der Waals surface area contributed by atoms with Crippen LogP contribution in [0.3, 0.4) is 0 Å². The number of carbonyl (C=O) groups excluding carboxylic acids is 1. The predicted octanol–water partition coefficient (Wildman–Crippen LogP) is 1.77. The van der Waals surface area contributed by atoms with Gasteiger partial charge < -0.3 is 10.5 Å². The van der Waals surface area contributed by atoms with E-state index >= 15 is 0 Å². The normalized spacial score (nSPS) is 11.2. The Balaban J connectivity index is 2.93. The quantitative estimate of drug-likeness (QED) is 0.836. The van der Waals surface area contributed by atoms with Crippen LogP contribution in [0.4, 0.5) is 13.2 Å². The maximum Gasteiger partial charge on any atom is 0.422 e. The zero-order valence-electron chi connectivity index (χ0n) is 7.71. The lowest BCUT2D eigenvalue weighted by Gasteiger charge is -2.10. The Bertz CT molecular complexity index is 409. The Labute approximate surface area is 93.2 Å². The average Bonchev–Trinajstić information content (AvgIpc) is 2.13. The number of hydrogen-bond donors (Lipinski definition) is 1. The molecule has 1 rings (SSSR count). The first-order valence-electron chi connectivity index (χ1n) is 3.95. The number of aromatic nitrogens is 1. The van der Waals surface area contributed by atoms with Crippen LogP contribution in [-0.2, 0) is 0 Å². The Morgan fingerprint density at radius 3 is 2.62 bits per heavy atom. The minimum atomic E-state index is -4.53. The molecule has 0 saturated heterocycles. The van der Waals surface area contributed by atoms with Crippen molar-refractivity contribution in [2.24, 2.45) is 5.73 Å². The molecule has 0 aliphatic rings. The van der Waals surface area contributed by atoms with Crippen LogP contribution in [0.2, 0.25) is 5.15 Å². The van der Waals surface area contributed by atoms with Gasteiger partial charge in [0.2, 0.25) is 5.88 Å². The number of nitrogens with two attached hydrogens (primary N) is 1. The van der Waals surface area contributed by atoms with E-state index < -0.39 is 24.6 Å². The Morgan fingerprint density at radius 2 is 2.12 bits per heavy atom. The molecule has 1 aromatic heterocycles. The molecule has 1 amide bonds. The molecule has 0 atom stereocenters. The molecule has 1 heterocycles. The molecule has 4 nitrogen and oxygen atoms in total. The van der Waals surface area contributed by atoms with Crippen LogP contribution < -0.4 is 10.5 Å². The molecule has 2 N–H and O–H groups in total. The van der Waals surface area contributed by atoms with Crippen molar-refractivity contribution < 1.29 is 22.7 Å². The second-order valence-electron chi connectivity index (χ2n) is 2.75. The fourth-order valence-corrected chi connectivity index (χ4v) is 1.01. The lowest BCUT2D eigenvalue weighted by molar-refractivity contribution is -0.154. The summed E-state index contributed by atoms with van der Waals surface area (Å²) in [6.45, 7) is -1.57. The summed E-state index contributed by atoms with van der Waals surface area (Å²) >= 11 is 5.45. The molecular formula is C8H6ClF3N2O2. The summed E-state index contributed by atoms with van der Waals surface area (Å²) in [6, 6.07) is 2.37. The van der Waals surface area contributed by atoms with E-state index in [2.05, 4.69) is 9.72 Å². The molecule has 0 unspecified atom stereocenters. The number of primary amides is 1. The van der Waals surface area contributed by atoms with E-state index in [1.807, 2.05) is 0 Å². The maximum atomic E-state index is 11.9. The van der Waals surface area contributed by atoms with Gasteiger partial charge in [0.1, 0.15) is 10.7 Å². The molecule has 0 spiro atoms. The number of rotatable bonds is 3. The SMILES string of the molecule is NC(=O)c1ccc(Cl)nc1OCC(F)(F)F. The third-order valence-corrected chi connectivity index (χ3v) is 1.67. The molecule has 0 aliphatic heterocycles. The Morgan fingerprint density at radius 1 is 1.50 bits per heavy atom. The van der Waals surface area contributed by atoms with Crippen molar-refractivity contribution in [3.63, 3.8) is 0 Å². The summed E-state index contributed by atoms with van der Waals surface area (Å²) in [4.78, 5) is 14.3. The molecule has 0 radical (unpaired) electrons. The summed E-state index contributed by atoms with van der Waals surface area (Å²) in [5.41, 5.74) is 4.66. The highest BCUT2D eigenvalue weighted by atomic mass is 35.5. The molecule has 16 heavy (non-hydrogen) atoms. The van der Waals surface area contributed by atoms with Crippen LogP contribution >= 0.6 is 11.6 Å². The van der Waals surface area contributed by atoms with Crippen molar-refractivity contribution in [1.29, 1.82) is 0 Å². The number of hydrogen-bond acceptors (Lipinski definition) is 3. The monoisotopic (exact) mass is 254 g/mol. The zero-order valence-corrected chi connectivity index (χ0v) is 8.47. The van der Waals surface area contributed by atoms with Crippen molar-refractivity contribution in [2.45, 2.75) is 6.18 Å². The van der Waals surface area contributed by atoms with E-state index in [0.717, 1.165) is 6.07 Å². The van der Waals surface area contributed by atoms with E-state index in [-0.39, 0.29) is 10.7 Å². The van der Waals surface area contributed by atoms with Crippen molar-refractivity contribution in [3.05, 3.63) is 22.8 Å². The van der Waals surface area contributed by atoms with Gasteiger partial charge in [-0.1, -0.05) is 11.6 Å². The van der Waals surface area contributed by atoms with E-state index in [9.17, 15) is 18.0 Å². The van der Waals surface area contributed by atoms with Gasteiger partial charge in [0.15, 0.2) is 6.61 Å². The number of pyridine rings is 1. The third-order valence-electron chi connectivity index (χ3n) is 1.46. The fraction of sp³-hybridized carbons (Fsp3) is 0.250. The first kappa shape index (κ1) is 12.6. The lowest BCUT2D eigenvalue weighted by atomic mass is 10.2. The second kappa shape index (κ2) is 4.56. The van der Waals surface area contributed by atoms with Crippen LogP contribution in [-0.4, -0.2) is 23.7 Å². The van der Waals surface area contributed by atoms with Gasteiger partial charge in [-0.3, -0.25) is 4.79 Å². The van der Waals surface area contributed by atoms with Crippen LogP contribution in [0.15, 0.2) is 12.1 Å². The van der Waals surface area contributed by atoms with Gasteiger partial charge in [-0.25, -0.2) is 4.98 Å². The highest BCUT2D eigenvalue weighted by Crippen LogP contribution is 2.21. The number of amides is 1. The van der Waals surface area contributed by atoms with Gasteiger partial charge in [-0.05, 0) is 12.1 Å². The highest BCUT2D eigenvalue weighted by Gasteiger charge is 2.29. The van der Waals surface area contributed by atoms with Gasteiger partial charge in [0, 0.05) is 0 Å². The smallest absolute Gasteiger partial charge is 0.422 e. The Hall–Kier alpha value is -1.50. The number of halogens is 4. The van der Waals surface area contributed by atoms with Crippen LogP contribution in [0, 0.1) is 0 Å². The number of ether oxygens (including phenoxy) is 1. The molecule has 88 valence electrons. The molecule has 0 aliphatic carbocycles. The summed E-state index contributed by atoms with van der Waals surface area (Å²) in [6.07, 6.45) is -4.53.